The zero-order chi connectivity index (χ0) is 12.1. The minimum atomic E-state index is 0.0983. The van der Waals surface area contributed by atoms with Gasteiger partial charge in [0, 0.05) is 23.1 Å². The molecule has 88 valence electrons. The van der Waals surface area contributed by atoms with Crippen LogP contribution < -0.4 is 0 Å². The number of hydrogen-bond donors (Lipinski definition) is 0. The third-order valence-corrected chi connectivity index (χ3v) is 3.43. The zero-order valence-corrected chi connectivity index (χ0v) is 11.6. The Balaban J connectivity index is 2.81. The minimum Gasteiger partial charge on any atom is -0.339 e. The van der Waals surface area contributed by atoms with E-state index in [2.05, 4.69) is 29.8 Å². The third kappa shape index (κ3) is 3.08. The summed E-state index contributed by atoms with van der Waals surface area (Å²) in [5, 5.41) is 0. The lowest BCUT2D eigenvalue weighted by Gasteiger charge is -2.26. The van der Waals surface area contributed by atoms with Crippen LogP contribution in [0.15, 0.2) is 28.7 Å². The smallest absolute Gasteiger partial charge is 0.253 e. The first-order valence-electron chi connectivity index (χ1n) is 5.62. The van der Waals surface area contributed by atoms with E-state index < -0.39 is 0 Å². The molecule has 0 aliphatic heterocycles. The summed E-state index contributed by atoms with van der Waals surface area (Å²) < 4.78 is 0.995. The van der Waals surface area contributed by atoms with Gasteiger partial charge in [-0.3, -0.25) is 4.79 Å². The average Bonchev–Trinajstić information content (AvgIpc) is 2.30. The molecule has 0 bridgehead atoms. The molecular weight excluding hydrogens is 266 g/mol. The van der Waals surface area contributed by atoms with E-state index in [1.165, 1.54) is 0 Å². The highest BCUT2D eigenvalue weighted by atomic mass is 79.9. The van der Waals surface area contributed by atoms with Crippen LogP contribution in [-0.4, -0.2) is 23.9 Å². The lowest BCUT2D eigenvalue weighted by Crippen LogP contribution is -2.36. The van der Waals surface area contributed by atoms with Crippen LogP contribution in [0.2, 0.25) is 0 Å². The van der Waals surface area contributed by atoms with Gasteiger partial charge in [0.1, 0.15) is 0 Å². The van der Waals surface area contributed by atoms with E-state index in [1.54, 1.807) is 0 Å². The molecule has 3 heteroatoms. The van der Waals surface area contributed by atoms with Crippen molar-refractivity contribution in [2.75, 3.05) is 7.05 Å². The van der Waals surface area contributed by atoms with Crippen molar-refractivity contribution >= 4 is 21.8 Å². The molecule has 0 aromatic heterocycles. The Morgan fingerprint density at radius 1 is 1.25 bits per heavy atom. The van der Waals surface area contributed by atoms with Gasteiger partial charge in [-0.25, -0.2) is 0 Å². The zero-order valence-electron chi connectivity index (χ0n) is 10.0. The molecular formula is C13H18BrNO. The van der Waals surface area contributed by atoms with Gasteiger partial charge in [-0.2, -0.15) is 0 Å². The second kappa shape index (κ2) is 6.04. The molecule has 0 unspecified atom stereocenters. The number of halogens is 1. The van der Waals surface area contributed by atoms with Gasteiger partial charge in [-0.1, -0.05) is 29.8 Å². The van der Waals surface area contributed by atoms with Gasteiger partial charge in [0.25, 0.3) is 5.91 Å². The summed E-state index contributed by atoms with van der Waals surface area (Å²) in [4.78, 5) is 14.0. The largest absolute Gasteiger partial charge is 0.339 e. The Kier molecular flexibility index (Phi) is 5.00. The number of rotatable bonds is 4. The normalized spacial score (nSPS) is 10.6. The maximum absolute atomic E-state index is 12.1. The van der Waals surface area contributed by atoms with Crippen LogP contribution in [0.5, 0.6) is 0 Å². The topological polar surface area (TPSA) is 20.3 Å². The third-order valence-electron chi connectivity index (χ3n) is 2.90. The summed E-state index contributed by atoms with van der Waals surface area (Å²) in [6.07, 6.45) is 1.99. The number of carbonyl (C=O) groups excluding carboxylic acids is 1. The van der Waals surface area contributed by atoms with Crippen molar-refractivity contribution in [3.8, 4) is 0 Å². The predicted octanol–water partition coefficient (Wildman–Crippen LogP) is 3.71. The van der Waals surface area contributed by atoms with Crippen molar-refractivity contribution in [3.63, 3.8) is 0 Å². The molecule has 1 amide bonds. The predicted molar refractivity (Wildman–Crippen MR) is 70.6 cm³/mol. The van der Waals surface area contributed by atoms with Gasteiger partial charge in [0.05, 0.1) is 0 Å². The summed E-state index contributed by atoms with van der Waals surface area (Å²) in [6.45, 7) is 4.22. The van der Waals surface area contributed by atoms with Gasteiger partial charge in [0.2, 0.25) is 0 Å². The minimum absolute atomic E-state index is 0.0983. The van der Waals surface area contributed by atoms with Crippen LogP contribution >= 0.6 is 15.9 Å². The van der Waals surface area contributed by atoms with Crippen molar-refractivity contribution in [2.45, 2.75) is 32.7 Å². The molecule has 1 aromatic carbocycles. The van der Waals surface area contributed by atoms with Crippen molar-refractivity contribution in [1.82, 2.24) is 4.90 Å². The highest BCUT2D eigenvalue weighted by molar-refractivity contribution is 9.10. The summed E-state index contributed by atoms with van der Waals surface area (Å²) in [5.74, 6) is 0.0983. The number of benzene rings is 1. The maximum Gasteiger partial charge on any atom is 0.253 e. The van der Waals surface area contributed by atoms with Gasteiger partial charge >= 0.3 is 0 Å². The summed E-state index contributed by atoms with van der Waals surface area (Å²) in [5.41, 5.74) is 0.748. The van der Waals surface area contributed by atoms with E-state index in [9.17, 15) is 4.79 Å². The summed E-state index contributed by atoms with van der Waals surface area (Å²) >= 11 is 3.36. The molecule has 16 heavy (non-hydrogen) atoms. The second-order valence-electron chi connectivity index (χ2n) is 3.89. The summed E-state index contributed by atoms with van der Waals surface area (Å²) in [7, 11) is 1.88. The molecule has 0 aliphatic carbocycles. The van der Waals surface area contributed by atoms with Crippen molar-refractivity contribution in [2.24, 2.45) is 0 Å². The van der Waals surface area contributed by atoms with Crippen molar-refractivity contribution in [1.29, 1.82) is 0 Å². The SMILES string of the molecule is CCC(CC)N(C)C(=O)c1ccc(Br)cc1. The van der Waals surface area contributed by atoms with E-state index in [0.29, 0.717) is 6.04 Å². The Morgan fingerprint density at radius 3 is 2.19 bits per heavy atom. The molecule has 0 heterocycles. The fourth-order valence-electron chi connectivity index (χ4n) is 1.80. The molecule has 2 nitrogen and oxygen atoms in total. The van der Waals surface area contributed by atoms with E-state index >= 15 is 0 Å². The van der Waals surface area contributed by atoms with Crippen LogP contribution in [0.25, 0.3) is 0 Å². The molecule has 0 saturated carbocycles. The quantitative estimate of drug-likeness (QED) is 0.825. The van der Waals surface area contributed by atoms with E-state index in [1.807, 2.05) is 36.2 Å². The van der Waals surface area contributed by atoms with Crippen LogP contribution in [0, 0.1) is 0 Å². The second-order valence-corrected chi connectivity index (χ2v) is 4.81. The van der Waals surface area contributed by atoms with Crippen molar-refractivity contribution < 1.29 is 4.79 Å². The first-order valence-corrected chi connectivity index (χ1v) is 6.42. The molecule has 0 spiro atoms. The van der Waals surface area contributed by atoms with Crippen LogP contribution in [0.3, 0.4) is 0 Å². The highest BCUT2D eigenvalue weighted by Gasteiger charge is 2.17. The first-order chi connectivity index (χ1) is 7.60. The van der Waals surface area contributed by atoms with Crippen LogP contribution in [0.1, 0.15) is 37.0 Å². The van der Waals surface area contributed by atoms with E-state index in [4.69, 9.17) is 0 Å². The fourth-order valence-corrected chi connectivity index (χ4v) is 2.06. The fraction of sp³-hybridized carbons (Fsp3) is 0.462. The molecule has 0 N–H and O–H groups in total. The lowest BCUT2D eigenvalue weighted by molar-refractivity contribution is 0.0723. The molecule has 0 aliphatic rings. The Morgan fingerprint density at radius 2 is 1.75 bits per heavy atom. The van der Waals surface area contributed by atoms with E-state index in [0.717, 1.165) is 22.9 Å². The van der Waals surface area contributed by atoms with E-state index in [-0.39, 0.29) is 5.91 Å². The Bertz CT molecular complexity index is 343. The number of nitrogens with zero attached hydrogens (tertiary/aromatic N) is 1. The number of carbonyl (C=O) groups is 1. The molecule has 0 saturated heterocycles. The molecule has 1 aromatic rings. The van der Waals surface area contributed by atoms with Gasteiger partial charge < -0.3 is 4.90 Å². The molecule has 0 atom stereocenters. The van der Waals surface area contributed by atoms with Crippen molar-refractivity contribution in [3.05, 3.63) is 34.3 Å². The maximum atomic E-state index is 12.1. The Labute approximate surface area is 106 Å². The molecule has 0 fully saturated rings. The highest BCUT2D eigenvalue weighted by Crippen LogP contribution is 2.14. The van der Waals surface area contributed by atoms with Gasteiger partial charge in [-0.15, -0.1) is 0 Å². The van der Waals surface area contributed by atoms with Crippen LogP contribution in [-0.2, 0) is 0 Å². The Hall–Kier alpha value is -0.830. The summed E-state index contributed by atoms with van der Waals surface area (Å²) in [6, 6.07) is 7.83. The average molecular weight is 284 g/mol. The molecule has 0 radical (unpaired) electrons. The van der Waals surface area contributed by atoms with Gasteiger partial charge in [0.15, 0.2) is 0 Å². The van der Waals surface area contributed by atoms with Crippen LogP contribution in [0.4, 0.5) is 0 Å². The number of hydrogen-bond acceptors (Lipinski definition) is 1. The van der Waals surface area contributed by atoms with Gasteiger partial charge in [-0.05, 0) is 37.1 Å². The monoisotopic (exact) mass is 283 g/mol. The molecule has 1 rings (SSSR count). The number of amides is 1. The lowest BCUT2D eigenvalue weighted by atomic mass is 10.1. The standard InChI is InChI=1S/C13H18BrNO/c1-4-12(5-2)15(3)13(16)10-6-8-11(14)9-7-10/h6-9,12H,4-5H2,1-3H3. The first kappa shape index (κ1) is 13.2.